The first kappa shape index (κ1) is 19.6. The van der Waals surface area contributed by atoms with Crippen molar-refractivity contribution in [2.75, 3.05) is 34.0 Å². The first-order valence-electron chi connectivity index (χ1n) is 10.1. The Morgan fingerprint density at radius 1 is 1.10 bits per heavy atom. The summed E-state index contributed by atoms with van der Waals surface area (Å²) in [5, 5.41) is 0. The molecule has 154 valence electrons. The molecule has 0 radical (unpaired) electrons. The molecule has 0 aliphatic carbocycles. The van der Waals surface area contributed by atoms with Crippen LogP contribution in [0.3, 0.4) is 0 Å². The van der Waals surface area contributed by atoms with Crippen molar-refractivity contribution in [1.29, 1.82) is 0 Å². The molecule has 2 aliphatic rings. The maximum atomic E-state index is 13.0. The lowest BCUT2D eigenvalue weighted by Gasteiger charge is -2.29. The van der Waals surface area contributed by atoms with E-state index in [0.717, 1.165) is 42.9 Å². The predicted octanol–water partition coefficient (Wildman–Crippen LogP) is 3.46. The van der Waals surface area contributed by atoms with Gasteiger partial charge in [-0.1, -0.05) is 0 Å². The van der Waals surface area contributed by atoms with Gasteiger partial charge in [0.2, 0.25) is 0 Å². The third-order valence-corrected chi connectivity index (χ3v) is 5.57. The molecule has 0 N–H and O–H groups in total. The van der Waals surface area contributed by atoms with Gasteiger partial charge < -0.3 is 23.8 Å². The number of benzene rings is 2. The Kier molecular flexibility index (Phi) is 5.90. The van der Waals surface area contributed by atoms with E-state index in [1.807, 2.05) is 41.3 Å². The molecule has 0 spiro atoms. The average molecular weight is 397 g/mol. The van der Waals surface area contributed by atoms with Crippen LogP contribution in [-0.2, 0) is 17.7 Å². The second-order valence-corrected chi connectivity index (χ2v) is 7.42. The van der Waals surface area contributed by atoms with Gasteiger partial charge in [0.1, 0.15) is 12.4 Å². The van der Waals surface area contributed by atoms with Gasteiger partial charge in [-0.2, -0.15) is 0 Å². The first-order valence-corrected chi connectivity index (χ1v) is 10.1. The lowest BCUT2D eigenvalue weighted by molar-refractivity contribution is 0.0678. The lowest BCUT2D eigenvalue weighted by atomic mass is 9.98. The largest absolute Gasteiger partial charge is 0.493 e. The first-order chi connectivity index (χ1) is 14.2. The molecule has 0 saturated carbocycles. The summed E-state index contributed by atoms with van der Waals surface area (Å²) in [6.07, 6.45) is 3.12. The Bertz CT molecular complexity index is 858. The van der Waals surface area contributed by atoms with E-state index in [1.165, 1.54) is 5.56 Å². The molecular weight excluding hydrogens is 370 g/mol. The smallest absolute Gasteiger partial charge is 0.254 e. The molecule has 1 saturated heterocycles. The second kappa shape index (κ2) is 8.74. The highest BCUT2D eigenvalue weighted by Gasteiger charge is 2.24. The number of ether oxygens (including phenoxy) is 4. The molecule has 0 aromatic heterocycles. The quantitative estimate of drug-likeness (QED) is 0.747. The van der Waals surface area contributed by atoms with Crippen LogP contribution in [0.2, 0.25) is 0 Å². The van der Waals surface area contributed by atoms with Crippen molar-refractivity contribution in [1.82, 2.24) is 4.90 Å². The van der Waals surface area contributed by atoms with Crippen LogP contribution in [0.5, 0.6) is 17.2 Å². The molecule has 29 heavy (non-hydrogen) atoms. The minimum atomic E-state index is 0.0242. The molecule has 1 amide bonds. The van der Waals surface area contributed by atoms with Crippen LogP contribution in [0, 0.1) is 0 Å². The van der Waals surface area contributed by atoms with Crippen molar-refractivity contribution >= 4 is 5.91 Å². The minimum Gasteiger partial charge on any atom is -0.493 e. The molecule has 4 rings (SSSR count). The number of nitrogens with zero attached hydrogens (tertiary/aromatic N) is 1. The number of carbonyl (C=O) groups is 1. The monoisotopic (exact) mass is 397 g/mol. The van der Waals surface area contributed by atoms with Gasteiger partial charge in [0.15, 0.2) is 11.5 Å². The van der Waals surface area contributed by atoms with E-state index in [9.17, 15) is 4.79 Å². The summed E-state index contributed by atoms with van der Waals surface area (Å²) < 4.78 is 22.1. The summed E-state index contributed by atoms with van der Waals surface area (Å²) in [5.74, 6) is 2.20. The summed E-state index contributed by atoms with van der Waals surface area (Å²) in [7, 11) is 3.26. The Balaban J connectivity index is 1.41. The Morgan fingerprint density at radius 2 is 1.83 bits per heavy atom. The minimum absolute atomic E-state index is 0.0242. The summed E-state index contributed by atoms with van der Waals surface area (Å²) >= 11 is 0. The summed E-state index contributed by atoms with van der Waals surface area (Å²) in [6, 6.07) is 11.3. The predicted molar refractivity (Wildman–Crippen MR) is 109 cm³/mol. The fourth-order valence-electron chi connectivity index (χ4n) is 3.90. The summed E-state index contributed by atoms with van der Waals surface area (Å²) in [6.45, 7) is 2.62. The second-order valence-electron chi connectivity index (χ2n) is 7.42. The van der Waals surface area contributed by atoms with E-state index in [2.05, 4.69) is 0 Å². The van der Waals surface area contributed by atoms with Crippen molar-refractivity contribution in [3.8, 4) is 17.2 Å². The van der Waals surface area contributed by atoms with Gasteiger partial charge in [-0.15, -0.1) is 0 Å². The number of hydrogen-bond donors (Lipinski definition) is 0. The molecule has 6 nitrogen and oxygen atoms in total. The molecule has 1 fully saturated rings. The highest BCUT2D eigenvalue weighted by Crippen LogP contribution is 2.33. The van der Waals surface area contributed by atoms with Crippen molar-refractivity contribution in [2.24, 2.45) is 0 Å². The van der Waals surface area contributed by atoms with Gasteiger partial charge in [0.25, 0.3) is 5.91 Å². The number of carbonyl (C=O) groups excluding carboxylic acids is 1. The van der Waals surface area contributed by atoms with Gasteiger partial charge in [-0.25, -0.2) is 0 Å². The zero-order valence-corrected chi connectivity index (χ0v) is 17.0. The highest BCUT2D eigenvalue weighted by atomic mass is 16.5. The Labute approximate surface area is 171 Å². The molecule has 0 bridgehead atoms. The standard InChI is InChI=1S/C23H27NO5/c1-26-21-12-17-9-10-24(14-18(17)13-22(21)27-2)23(25)16-5-7-19(8-6-16)29-15-20-4-3-11-28-20/h5-8,12-13,20H,3-4,9-11,14-15H2,1-2H3/t20-/m1/s1. The van der Waals surface area contributed by atoms with Crippen molar-refractivity contribution < 1.29 is 23.7 Å². The number of hydrogen-bond acceptors (Lipinski definition) is 5. The van der Waals surface area contributed by atoms with Crippen LogP contribution in [0.1, 0.15) is 34.3 Å². The summed E-state index contributed by atoms with van der Waals surface area (Å²) in [4.78, 5) is 14.8. The van der Waals surface area contributed by atoms with E-state index in [-0.39, 0.29) is 12.0 Å². The van der Waals surface area contributed by atoms with Crippen molar-refractivity contribution in [3.63, 3.8) is 0 Å². The van der Waals surface area contributed by atoms with Crippen LogP contribution in [0.4, 0.5) is 0 Å². The van der Waals surface area contributed by atoms with Crippen LogP contribution in [0.15, 0.2) is 36.4 Å². The van der Waals surface area contributed by atoms with E-state index >= 15 is 0 Å². The fraction of sp³-hybridized carbons (Fsp3) is 0.435. The number of amides is 1. The number of rotatable bonds is 6. The maximum Gasteiger partial charge on any atom is 0.254 e. The fourth-order valence-corrected chi connectivity index (χ4v) is 3.90. The third kappa shape index (κ3) is 4.32. The van der Waals surface area contributed by atoms with E-state index in [1.54, 1.807) is 14.2 Å². The van der Waals surface area contributed by atoms with E-state index in [4.69, 9.17) is 18.9 Å². The highest BCUT2D eigenvalue weighted by molar-refractivity contribution is 5.94. The third-order valence-electron chi connectivity index (χ3n) is 5.57. The van der Waals surface area contributed by atoms with Gasteiger partial charge >= 0.3 is 0 Å². The average Bonchev–Trinajstić information content (AvgIpc) is 3.30. The van der Waals surface area contributed by atoms with E-state index < -0.39 is 0 Å². The Hall–Kier alpha value is -2.73. The topological polar surface area (TPSA) is 57.2 Å². The molecular formula is C23H27NO5. The zero-order valence-electron chi connectivity index (χ0n) is 17.0. The van der Waals surface area contributed by atoms with Crippen LogP contribution < -0.4 is 14.2 Å². The molecule has 2 aromatic rings. The zero-order chi connectivity index (χ0) is 20.2. The molecule has 6 heteroatoms. The maximum absolute atomic E-state index is 13.0. The van der Waals surface area contributed by atoms with Gasteiger partial charge in [0, 0.05) is 25.3 Å². The SMILES string of the molecule is COc1cc2c(cc1OC)CN(C(=O)c1ccc(OC[C@H]3CCCO3)cc1)CC2. The van der Waals surface area contributed by atoms with Crippen molar-refractivity contribution in [2.45, 2.75) is 31.9 Å². The Morgan fingerprint density at radius 3 is 2.48 bits per heavy atom. The molecule has 1 atom stereocenters. The van der Waals surface area contributed by atoms with Gasteiger partial charge in [-0.05, 0) is 66.8 Å². The molecule has 2 aliphatic heterocycles. The molecule has 0 unspecified atom stereocenters. The molecule has 2 heterocycles. The number of methoxy groups -OCH3 is 2. The number of fused-ring (bicyclic) bond motifs is 1. The molecule has 2 aromatic carbocycles. The summed E-state index contributed by atoms with van der Waals surface area (Å²) in [5.41, 5.74) is 2.96. The van der Waals surface area contributed by atoms with Crippen LogP contribution in [-0.4, -0.2) is 50.9 Å². The van der Waals surface area contributed by atoms with Crippen LogP contribution in [0.25, 0.3) is 0 Å². The normalized spacial score (nSPS) is 18.3. The van der Waals surface area contributed by atoms with E-state index in [0.29, 0.717) is 31.0 Å². The lowest BCUT2D eigenvalue weighted by Crippen LogP contribution is -2.36. The van der Waals surface area contributed by atoms with Gasteiger partial charge in [-0.3, -0.25) is 4.79 Å². The van der Waals surface area contributed by atoms with Crippen molar-refractivity contribution in [3.05, 3.63) is 53.1 Å². The van der Waals surface area contributed by atoms with Crippen LogP contribution >= 0.6 is 0 Å². The van der Waals surface area contributed by atoms with Gasteiger partial charge in [0.05, 0.1) is 20.3 Å².